The minimum atomic E-state index is -1.03. The van der Waals surface area contributed by atoms with Gasteiger partial charge in [-0.2, -0.15) is 0 Å². The third-order valence-electron chi connectivity index (χ3n) is 2.52. The molecule has 0 unspecified atom stereocenters. The zero-order chi connectivity index (χ0) is 14.3. The van der Waals surface area contributed by atoms with Gasteiger partial charge in [-0.05, 0) is 24.1 Å². The number of rotatable bonds is 6. The number of hydrogen-bond donors (Lipinski definition) is 3. The van der Waals surface area contributed by atoms with Crippen LogP contribution in [0.15, 0.2) is 24.3 Å². The van der Waals surface area contributed by atoms with E-state index in [0.29, 0.717) is 24.4 Å². The Kier molecular flexibility index (Phi) is 6.15. The van der Waals surface area contributed by atoms with Crippen molar-refractivity contribution in [3.63, 3.8) is 0 Å². The lowest BCUT2D eigenvalue weighted by Gasteiger charge is -2.14. The van der Waals surface area contributed by atoms with E-state index in [1.807, 2.05) is 13.0 Å². The van der Waals surface area contributed by atoms with E-state index in [1.54, 1.807) is 18.2 Å². The van der Waals surface area contributed by atoms with Crippen LogP contribution < -0.4 is 10.6 Å². The number of nitrogens with one attached hydrogen (secondary N) is 2. The van der Waals surface area contributed by atoms with E-state index in [9.17, 15) is 9.59 Å². The monoisotopic (exact) mass is 284 g/mol. The summed E-state index contributed by atoms with van der Waals surface area (Å²) in [4.78, 5) is 22.5. The summed E-state index contributed by atoms with van der Waals surface area (Å²) < 4.78 is 0. The third-order valence-corrected chi connectivity index (χ3v) is 2.76. The molecule has 2 amide bonds. The van der Waals surface area contributed by atoms with Crippen molar-refractivity contribution in [1.82, 2.24) is 10.6 Å². The van der Waals surface area contributed by atoms with Crippen molar-refractivity contribution >= 4 is 23.6 Å². The van der Waals surface area contributed by atoms with E-state index in [-0.39, 0.29) is 0 Å². The van der Waals surface area contributed by atoms with E-state index in [1.165, 1.54) is 0 Å². The predicted octanol–water partition coefficient (Wildman–Crippen LogP) is 2.39. The summed E-state index contributed by atoms with van der Waals surface area (Å²) >= 11 is 5.82. The van der Waals surface area contributed by atoms with E-state index in [2.05, 4.69) is 10.6 Å². The van der Waals surface area contributed by atoms with Gasteiger partial charge in [-0.15, -0.1) is 0 Å². The fourth-order valence-corrected chi connectivity index (χ4v) is 1.80. The molecule has 0 radical (unpaired) electrons. The summed E-state index contributed by atoms with van der Waals surface area (Å²) in [6.07, 6.45) is 1.09. The van der Waals surface area contributed by atoms with Gasteiger partial charge in [0.1, 0.15) is 6.04 Å². The molecule has 19 heavy (non-hydrogen) atoms. The van der Waals surface area contributed by atoms with Crippen molar-refractivity contribution in [3.05, 3.63) is 34.9 Å². The Labute approximate surface area is 117 Å². The second-order valence-electron chi connectivity index (χ2n) is 4.14. The molecule has 0 spiro atoms. The van der Waals surface area contributed by atoms with Gasteiger partial charge < -0.3 is 15.7 Å². The molecule has 0 saturated heterocycles. The molecular formula is C13H17ClN2O3. The molecule has 1 aromatic rings. The molecule has 0 heterocycles. The Morgan fingerprint density at radius 2 is 2.16 bits per heavy atom. The third kappa shape index (κ3) is 5.61. The normalized spacial score (nSPS) is 11.7. The van der Waals surface area contributed by atoms with E-state index < -0.39 is 18.0 Å². The molecule has 104 valence electrons. The van der Waals surface area contributed by atoms with Crippen molar-refractivity contribution in [2.75, 3.05) is 0 Å². The van der Waals surface area contributed by atoms with Crippen molar-refractivity contribution in [3.8, 4) is 0 Å². The van der Waals surface area contributed by atoms with Gasteiger partial charge in [0.15, 0.2) is 0 Å². The minimum Gasteiger partial charge on any atom is -0.480 e. The minimum absolute atomic E-state index is 0.296. The van der Waals surface area contributed by atoms with Gasteiger partial charge in [-0.1, -0.05) is 37.1 Å². The zero-order valence-electron chi connectivity index (χ0n) is 10.6. The van der Waals surface area contributed by atoms with Gasteiger partial charge in [0.2, 0.25) is 0 Å². The maximum Gasteiger partial charge on any atom is 0.326 e. The molecule has 5 nitrogen and oxygen atoms in total. The lowest BCUT2D eigenvalue weighted by Crippen LogP contribution is -2.45. The van der Waals surface area contributed by atoms with Crippen molar-refractivity contribution in [1.29, 1.82) is 0 Å². The summed E-state index contributed by atoms with van der Waals surface area (Å²) in [5.74, 6) is -1.03. The summed E-state index contributed by atoms with van der Waals surface area (Å²) in [6, 6.07) is 5.74. The molecule has 1 rings (SSSR count). The quantitative estimate of drug-likeness (QED) is 0.750. The first-order valence-corrected chi connectivity index (χ1v) is 6.42. The highest BCUT2D eigenvalue weighted by Gasteiger charge is 2.18. The van der Waals surface area contributed by atoms with E-state index >= 15 is 0 Å². The summed E-state index contributed by atoms with van der Waals surface area (Å²) in [5.41, 5.74) is 0.852. The van der Waals surface area contributed by atoms with Crippen LogP contribution in [0.3, 0.4) is 0 Å². The number of amides is 2. The van der Waals surface area contributed by atoms with Gasteiger partial charge in [0, 0.05) is 11.6 Å². The number of benzene rings is 1. The van der Waals surface area contributed by atoms with Gasteiger partial charge in [0.05, 0.1) is 0 Å². The zero-order valence-corrected chi connectivity index (χ0v) is 11.4. The fraction of sp³-hybridized carbons (Fsp3) is 0.385. The molecule has 6 heteroatoms. The molecule has 0 fully saturated rings. The molecule has 3 N–H and O–H groups in total. The molecular weight excluding hydrogens is 268 g/mol. The molecule has 0 aliphatic heterocycles. The largest absolute Gasteiger partial charge is 0.480 e. The second kappa shape index (κ2) is 7.63. The Balaban J connectivity index is 2.44. The number of halogens is 1. The molecule has 0 aliphatic rings. The number of carbonyl (C=O) groups excluding carboxylic acids is 1. The molecule has 1 atom stereocenters. The second-order valence-corrected chi connectivity index (χ2v) is 4.57. The van der Waals surface area contributed by atoms with E-state index in [4.69, 9.17) is 16.7 Å². The van der Waals surface area contributed by atoms with Gasteiger partial charge in [-0.25, -0.2) is 9.59 Å². The van der Waals surface area contributed by atoms with Crippen molar-refractivity contribution in [2.45, 2.75) is 32.4 Å². The van der Waals surface area contributed by atoms with Crippen LogP contribution in [0.2, 0.25) is 5.02 Å². The fourth-order valence-electron chi connectivity index (χ4n) is 1.58. The molecule has 0 saturated carbocycles. The van der Waals surface area contributed by atoms with Crippen LogP contribution in [0.1, 0.15) is 25.3 Å². The van der Waals surface area contributed by atoms with Gasteiger partial charge >= 0.3 is 12.0 Å². The highest BCUT2D eigenvalue weighted by atomic mass is 35.5. The lowest BCUT2D eigenvalue weighted by molar-refractivity contribution is -0.139. The SMILES string of the molecule is CCC[C@H](NC(=O)NCc1cccc(Cl)c1)C(=O)O. The van der Waals surface area contributed by atoms with Crippen LogP contribution in [0.25, 0.3) is 0 Å². The van der Waals surface area contributed by atoms with Crippen LogP contribution in [-0.2, 0) is 11.3 Å². The van der Waals surface area contributed by atoms with Crippen LogP contribution >= 0.6 is 11.6 Å². The number of carboxylic acids is 1. The first-order valence-electron chi connectivity index (χ1n) is 6.04. The Morgan fingerprint density at radius 3 is 2.74 bits per heavy atom. The summed E-state index contributed by atoms with van der Waals surface area (Å²) in [5, 5.41) is 14.5. The van der Waals surface area contributed by atoms with Crippen LogP contribution in [0.5, 0.6) is 0 Å². The lowest BCUT2D eigenvalue weighted by atomic mass is 10.2. The Bertz CT molecular complexity index is 451. The number of hydrogen-bond acceptors (Lipinski definition) is 2. The van der Waals surface area contributed by atoms with Crippen LogP contribution in [-0.4, -0.2) is 23.1 Å². The predicted molar refractivity (Wildman–Crippen MR) is 73.2 cm³/mol. The maximum atomic E-state index is 11.6. The number of carbonyl (C=O) groups is 2. The first-order chi connectivity index (χ1) is 9.02. The van der Waals surface area contributed by atoms with Gasteiger partial charge in [0.25, 0.3) is 0 Å². The summed E-state index contributed by atoms with van der Waals surface area (Å²) in [6.45, 7) is 2.16. The maximum absolute atomic E-state index is 11.6. The Hall–Kier alpha value is -1.75. The standard InChI is InChI=1S/C13H17ClN2O3/c1-2-4-11(12(17)18)16-13(19)15-8-9-5-3-6-10(14)7-9/h3,5-7,11H,2,4,8H2,1H3,(H,17,18)(H2,15,16,19)/t11-/m0/s1. The summed E-state index contributed by atoms with van der Waals surface area (Å²) in [7, 11) is 0. The first kappa shape index (κ1) is 15.3. The molecule has 0 bridgehead atoms. The molecule has 0 aromatic heterocycles. The Morgan fingerprint density at radius 1 is 1.42 bits per heavy atom. The van der Waals surface area contributed by atoms with Crippen LogP contribution in [0.4, 0.5) is 4.79 Å². The number of aliphatic carboxylic acids is 1. The topological polar surface area (TPSA) is 78.4 Å². The highest BCUT2D eigenvalue weighted by Crippen LogP contribution is 2.10. The molecule has 1 aromatic carbocycles. The smallest absolute Gasteiger partial charge is 0.326 e. The number of carboxylic acid groups (broad SMARTS) is 1. The molecule has 0 aliphatic carbocycles. The van der Waals surface area contributed by atoms with E-state index in [0.717, 1.165) is 5.56 Å². The highest BCUT2D eigenvalue weighted by molar-refractivity contribution is 6.30. The average molecular weight is 285 g/mol. The average Bonchev–Trinajstić information content (AvgIpc) is 2.36. The van der Waals surface area contributed by atoms with Gasteiger partial charge in [-0.3, -0.25) is 0 Å². The number of urea groups is 1. The van der Waals surface area contributed by atoms with Crippen molar-refractivity contribution in [2.24, 2.45) is 0 Å². The van der Waals surface area contributed by atoms with Crippen molar-refractivity contribution < 1.29 is 14.7 Å². The van der Waals surface area contributed by atoms with Crippen LogP contribution in [0, 0.1) is 0 Å².